The average molecular weight is 466 g/mol. The van der Waals surface area contributed by atoms with Crippen LogP contribution in [0, 0.1) is 0 Å². The van der Waals surface area contributed by atoms with Gasteiger partial charge in [0.2, 0.25) is 11.7 Å². The molecular formula is C27H26F3N3O. The first-order valence-corrected chi connectivity index (χ1v) is 11.6. The van der Waals surface area contributed by atoms with Crippen molar-refractivity contribution in [1.29, 1.82) is 0 Å². The molecule has 1 heterocycles. The van der Waals surface area contributed by atoms with E-state index in [4.69, 9.17) is 4.52 Å². The van der Waals surface area contributed by atoms with Gasteiger partial charge in [-0.05, 0) is 54.7 Å². The second-order valence-corrected chi connectivity index (χ2v) is 9.05. The number of nitrogens with one attached hydrogen (secondary N) is 1. The first-order chi connectivity index (χ1) is 16.4. The van der Waals surface area contributed by atoms with E-state index >= 15 is 0 Å². The molecular weight excluding hydrogens is 439 g/mol. The molecule has 0 saturated heterocycles. The molecule has 0 amide bonds. The maximum absolute atomic E-state index is 12.8. The number of rotatable bonds is 5. The molecule has 1 aromatic heterocycles. The lowest BCUT2D eigenvalue weighted by molar-refractivity contribution is -0.137. The van der Waals surface area contributed by atoms with Crippen LogP contribution < -0.4 is 5.32 Å². The van der Waals surface area contributed by atoms with Crippen LogP contribution >= 0.6 is 0 Å². The summed E-state index contributed by atoms with van der Waals surface area (Å²) in [5, 5.41) is 10.3. The van der Waals surface area contributed by atoms with Crippen molar-refractivity contribution in [2.45, 2.75) is 56.8 Å². The fourth-order valence-electron chi connectivity index (χ4n) is 4.96. The Morgan fingerprint density at radius 1 is 0.971 bits per heavy atom. The van der Waals surface area contributed by atoms with Crippen molar-refractivity contribution in [3.63, 3.8) is 0 Å². The highest BCUT2D eigenvalue weighted by molar-refractivity contribution is 5.86. The van der Waals surface area contributed by atoms with Gasteiger partial charge in [-0.1, -0.05) is 66.2 Å². The van der Waals surface area contributed by atoms with E-state index in [0.717, 1.165) is 37.8 Å². The summed E-state index contributed by atoms with van der Waals surface area (Å²) >= 11 is 0. The minimum absolute atomic E-state index is 0.127. The topological polar surface area (TPSA) is 51.0 Å². The van der Waals surface area contributed by atoms with Crippen molar-refractivity contribution in [2.24, 2.45) is 0 Å². The van der Waals surface area contributed by atoms with Gasteiger partial charge in [0, 0.05) is 23.6 Å². The van der Waals surface area contributed by atoms with Crippen molar-refractivity contribution in [2.75, 3.05) is 0 Å². The van der Waals surface area contributed by atoms with Crippen molar-refractivity contribution in [3.8, 4) is 11.4 Å². The summed E-state index contributed by atoms with van der Waals surface area (Å²) in [4.78, 5) is 4.52. The smallest absolute Gasteiger partial charge is 0.339 e. The lowest BCUT2D eigenvalue weighted by Gasteiger charge is -2.30. The summed E-state index contributed by atoms with van der Waals surface area (Å²) in [5.74, 6) is 1.00. The Labute approximate surface area is 196 Å². The SMILES string of the molecule is CC(NC1CCCC(c2nc(-c3ccc(C(F)(F)F)cc3)no2)C1)c1cccc2ccccc12. The second-order valence-electron chi connectivity index (χ2n) is 9.05. The van der Waals surface area contributed by atoms with Crippen LogP contribution in [0.1, 0.15) is 61.6 Å². The van der Waals surface area contributed by atoms with Gasteiger partial charge in [0.1, 0.15) is 0 Å². The Morgan fingerprint density at radius 3 is 2.53 bits per heavy atom. The van der Waals surface area contributed by atoms with Gasteiger partial charge in [-0.15, -0.1) is 0 Å². The Hall–Kier alpha value is -3.19. The van der Waals surface area contributed by atoms with Crippen molar-refractivity contribution in [1.82, 2.24) is 15.5 Å². The summed E-state index contributed by atoms with van der Waals surface area (Å²) in [5.41, 5.74) is 1.10. The van der Waals surface area contributed by atoms with Gasteiger partial charge in [0.05, 0.1) is 5.56 Å². The second kappa shape index (κ2) is 9.22. The minimum Gasteiger partial charge on any atom is -0.339 e. The highest BCUT2D eigenvalue weighted by Crippen LogP contribution is 2.35. The quantitative estimate of drug-likeness (QED) is 0.336. The van der Waals surface area contributed by atoms with Crippen LogP contribution in [0.3, 0.4) is 0 Å². The number of hydrogen-bond acceptors (Lipinski definition) is 4. The number of aromatic nitrogens is 2. The molecule has 4 aromatic rings. The first kappa shape index (κ1) is 22.6. The van der Waals surface area contributed by atoms with E-state index in [9.17, 15) is 13.2 Å². The number of alkyl halides is 3. The van der Waals surface area contributed by atoms with Crippen molar-refractivity contribution in [3.05, 3.63) is 83.7 Å². The van der Waals surface area contributed by atoms with Crippen LogP contribution in [0.2, 0.25) is 0 Å². The Morgan fingerprint density at radius 2 is 1.74 bits per heavy atom. The monoisotopic (exact) mass is 465 g/mol. The molecule has 3 unspecified atom stereocenters. The van der Waals surface area contributed by atoms with Gasteiger partial charge in [-0.3, -0.25) is 0 Å². The molecule has 4 nitrogen and oxygen atoms in total. The Balaban J connectivity index is 1.27. The predicted molar refractivity (Wildman–Crippen MR) is 125 cm³/mol. The molecule has 176 valence electrons. The first-order valence-electron chi connectivity index (χ1n) is 11.6. The molecule has 3 atom stereocenters. The van der Waals surface area contributed by atoms with E-state index in [1.54, 1.807) is 0 Å². The van der Waals surface area contributed by atoms with Crippen LogP contribution in [0.5, 0.6) is 0 Å². The lowest BCUT2D eigenvalue weighted by atomic mass is 9.85. The number of fused-ring (bicyclic) bond motifs is 1. The van der Waals surface area contributed by atoms with Gasteiger partial charge < -0.3 is 9.84 Å². The van der Waals surface area contributed by atoms with Crippen LogP contribution in [-0.2, 0) is 6.18 Å². The maximum atomic E-state index is 12.8. The van der Waals surface area contributed by atoms with Gasteiger partial charge in [-0.25, -0.2) is 0 Å². The van der Waals surface area contributed by atoms with E-state index in [1.165, 1.54) is 28.5 Å². The molecule has 1 N–H and O–H groups in total. The highest BCUT2D eigenvalue weighted by Gasteiger charge is 2.31. The predicted octanol–water partition coefficient (Wildman–Crippen LogP) is 7.29. The molecule has 3 aromatic carbocycles. The van der Waals surface area contributed by atoms with E-state index in [0.29, 0.717) is 23.3 Å². The summed E-state index contributed by atoms with van der Waals surface area (Å²) in [7, 11) is 0. The molecule has 0 aliphatic heterocycles. The molecule has 0 spiro atoms. The summed E-state index contributed by atoms with van der Waals surface area (Å²) in [6, 6.07) is 20.2. The van der Waals surface area contributed by atoms with Gasteiger partial charge in [0.25, 0.3) is 0 Å². The fourth-order valence-corrected chi connectivity index (χ4v) is 4.96. The number of halogens is 3. The highest BCUT2D eigenvalue weighted by atomic mass is 19.4. The molecule has 1 saturated carbocycles. The zero-order chi connectivity index (χ0) is 23.7. The van der Waals surface area contributed by atoms with Gasteiger partial charge >= 0.3 is 6.18 Å². The molecule has 0 radical (unpaired) electrons. The Kier molecular flexibility index (Phi) is 6.13. The van der Waals surface area contributed by atoms with Gasteiger partial charge in [0.15, 0.2) is 0 Å². The molecule has 5 rings (SSSR count). The molecule has 1 fully saturated rings. The normalized spacial score (nSPS) is 19.9. The zero-order valence-corrected chi connectivity index (χ0v) is 18.8. The largest absolute Gasteiger partial charge is 0.416 e. The number of hydrogen-bond donors (Lipinski definition) is 1. The molecule has 34 heavy (non-hydrogen) atoms. The van der Waals surface area contributed by atoms with Crippen LogP contribution in [0.4, 0.5) is 13.2 Å². The van der Waals surface area contributed by atoms with E-state index in [2.05, 4.69) is 64.8 Å². The minimum atomic E-state index is -4.37. The standard InChI is InChI=1S/C27H26F3N3O/c1-17(23-11-5-7-18-6-2-3-10-24(18)23)31-22-9-4-8-20(16-22)26-32-25(33-34-26)19-12-14-21(15-13-19)27(28,29)30/h2-3,5-7,10-15,17,20,22,31H,4,8-9,16H2,1H3. The third-order valence-corrected chi connectivity index (χ3v) is 6.71. The number of nitrogens with zero attached hydrogens (tertiary/aromatic N) is 2. The fraction of sp³-hybridized carbons (Fsp3) is 0.333. The van der Waals surface area contributed by atoms with Gasteiger partial charge in [-0.2, -0.15) is 18.2 Å². The molecule has 7 heteroatoms. The summed E-state index contributed by atoms with van der Waals surface area (Å²) in [6.07, 6.45) is -0.415. The average Bonchev–Trinajstić information content (AvgIpc) is 3.34. The van der Waals surface area contributed by atoms with E-state index in [-0.39, 0.29) is 12.0 Å². The Bertz CT molecular complexity index is 1260. The maximum Gasteiger partial charge on any atom is 0.416 e. The summed E-state index contributed by atoms with van der Waals surface area (Å²) in [6.45, 7) is 2.20. The van der Waals surface area contributed by atoms with E-state index < -0.39 is 11.7 Å². The van der Waals surface area contributed by atoms with Crippen LogP contribution in [0.25, 0.3) is 22.2 Å². The third kappa shape index (κ3) is 4.71. The van der Waals surface area contributed by atoms with Crippen molar-refractivity contribution >= 4 is 10.8 Å². The molecule has 1 aliphatic carbocycles. The van der Waals surface area contributed by atoms with Crippen LogP contribution in [-0.4, -0.2) is 16.2 Å². The lowest BCUT2D eigenvalue weighted by Crippen LogP contribution is -2.35. The molecule has 1 aliphatic rings. The zero-order valence-electron chi connectivity index (χ0n) is 18.8. The van der Waals surface area contributed by atoms with Crippen molar-refractivity contribution < 1.29 is 17.7 Å². The third-order valence-electron chi connectivity index (χ3n) is 6.71. The molecule has 0 bridgehead atoms. The van der Waals surface area contributed by atoms with E-state index in [1.807, 2.05) is 0 Å². The van der Waals surface area contributed by atoms with Crippen LogP contribution in [0.15, 0.2) is 71.3 Å². The number of benzene rings is 3. The summed E-state index contributed by atoms with van der Waals surface area (Å²) < 4.78 is 44.0.